The third-order valence-electron chi connectivity index (χ3n) is 3.79. The average molecular weight is 471 g/mol. The van der Waals surface area contributed by atoms with E-state index in [4.69, 9.17) is 11.6 Å². The summed E-state index contributed by atoms with van der Waals surface area (Å²) in [6.07, 6.45) is 0. The molecule has 0 heterocycles. The molecule has 4 nitrogen and oxygen atoms in total. The minimum Gasteiger partial charge on any atom is -0.340 e. The third-order valence-corrected chi connectivity index (χ3v) is 5.29. The number of aryl methyl sites for hydroxylation is 1. The fourth-order valence-corrected chi connectivity index (χ4v) is 3.03. The number of anilines is 1. The molecule has 0 aliphatic carbocycles. The molecule has 1 unspecified atom stereocenters. The Balaban J connectivity index is 2.14. The van der Waals surface area contributed by atoms with E-state index in [1.54, 1.807) is 24.3 Å². The topological polar surface area (TPSA) is 58.2 Å². The number of halogens is 2. The van der Waals surface area contributed by atoms with Crippen LogP contribution in [0.3, 0.4) is 0 Å². The molecule has 2 N–H and O–H groups in total. The number of benzene rings is 2. The standard InChI is InChI=1S/C19H20ClIN2O2/c1-11(2)17(23-18(24)14-6-4-5-7-15(14)20)19(25)22-13-9-8-12(3)16(21)10-13/h4-11,17H,1-3H3,(H,22,25)(H,23,24). The summed E-state index contributed by atoms with van der Waals surface area (Å²) >= 11 is 8.28. The zero-order chi connectivity index (χ0) is 18.6. The molecule has 2 rings (SSSR count). The number of carbonyl (C=O) groups is 2. The summed E-state index contributed by atoms with van der Waals surface area (Å²) < 4.78 is 1.07. The van der Waals surface area contributed by atoms with Crippen LogP contribution in [0.15, 0.2) is 42.5 Å². The maximum absolute atomic E-state index is 12.6. The lowest BCUT2D eigenvalue weighted by Gasteiger charge is -2.22. The molecule has 25 heavy (non-hydrogen) atoms. The highest BCUT2D eigenvalue weighted by Gasteiger charge is 2.25. The number of rotatable bonds is 5. The maximum atomic E-state index is 12.6. The fourth-order valence-electron chi connectivity index (χ4n) is 2.29. The number of hydrogen-bond donors (Lipinski definition) is 2. The normalized spacial score (nSPS) is 11.9. The van der Waals surface area contributed by atoms with Gasteiger partial charge in [-0.1, -0.05) is 43.6 Å². The van der Waals surface area contributed by atoms with Crippen LogP contribution in [0, 0.1) is 16.4 Å². The van der Waals surface area contributed by atoms with Crippen LogP contribution in [-0.2, 0) is 4.79 Å². The zero-order valence-electron chi connectivity index (χ0n) is 14.3. The van der Waals surface area contributed by atoms with Gasteiger partial charge in [-0.2, -0.15) is 0 Å². The lowest BCUT2D eigenvalue weighted by atomic mass is 10.0. The Morgan fingerprint density at radius 1 is 1.12 bits per heavy atom. The molecule has 0 saturated carbocycles. The van der Waals surface area contributed by atoms with Gasteiger partial charge in [0.15, 0.2) is 0 Å². The van der Waals surface area contributed by atoms with Gasteiger partial charge in [-0.05, 0) is 65.3 Å². The van der Waals surface area contributed by atoms with Crippen LogP contribution in [-0.4, -0.2) is 17.9 Å². The Morgan fingerprint density at radius 2 is 1.80 bits per heavy atom. The lowest BCUT2D eigenvalue weighted by Crippen LogP contribution is -2.47. The summed E-state index contributed by atoms with van der Waals surface area (Å²) in [5.74, 6) is -0.691. The second-order valence-corrected chi connectivity index (χ2v) is 7.70. The molecule has 0 bridgehead atoms. The first-order valence-corrected chi connectivity index (χ1v) is 9.37. The highest BCUT2D eigenvalue weighted by molar-refractivity contribution is 14.1. The van der Waals surface area contributed by atoms with Crippen LogP contribution in [0.2, 0.25) is 5.02 Å². The van der Waals surface area contributed by atoms with Crippen LogP contribution >= 0.6 is 34.2 Å². The highest BCUT2D eigenvalue weighted by Crippen LogP contribution is 2.19. The predicted octanol–water partition coefficient (Wildman–Crippen LogP) is 4.65. The Bertz CT molecular complexity index is 793. The summed E-state index contributed by atoms with van der Waals surface area (Å²) in [7, 11) is 0. The van der Waals surface area contributed by atoms with Gasteiger partial charge in [0.1, 0.15) is 6.04 Å². The summed E-state index contributed by atoms with van der Waals surface area (Å²) in [6.45, 7) is 5.78. The summed E-state index contributed by atoms with van der Waals surface area (Å²) in [4.78, 5) is 25.1. The minimum absolute atomic E-state index is 0.0732. The molecule has 0 saturated heterocycles. The largest absolute Gasteiger partial charge is 0.340 e. The smallest absolute Gasteiger partial charge is 0.253 e. The van der Waals surface area contributed by atoms with Gasteiger partial charge in [-0.15, -0.1) is 0 Å². The van der Waals surface area contributed by atoms with Gasteiger partial charge in [0.2, 0.25) is 5.91 Å². The van der Waals surface area contributed by atoms with Crippen LogP contribution in [0.4, 0.5) is 5.69 Å². The van der Waals surface area contributed by atoms with E-state index in [-0.39, 0.29) is 17.7 Å². The quantitative estimate of drug-likeness (QED) is 0.625. The molecule has 2 aromatic carbocycles. The summed E-state index contributed by atoms with van der Waals surface area (Å²) in [5, 5.41) is 6.01. The Labute approximate surface area is 166 Å². The van der Waals surface area contributed by atoms with Crippen molar-refractivity contribution in [3.8, 4) is 0 Å². The van der Waals surface area contributed by atoms with Crippen molar-refractivity contribution in [1.82, 2.24) is 5.32 Å². The van der Waals surface area contributed by atoms with E-state index in [1.165, 1.54) is 0 Å². The van der Waals surface area contributed by atoms with E-state index in [0.29, 0.717) is 16.3 Å². The first-order valence-electron chi connectivity index (χ1n) is 7.92. The van der Waals surface area contributed by atoms with Crippen molar-refractivity contribution in [3.63, 3.8) is 0 Å². The molecular weight excluding hydrogens is 451 g/mol. The molecule has 6 heteroatoms. The molecular formula is C19H20ClIN2O2. The third kappa shape index (κ3) is 5.19. The van der Waals surface area contributed by atoms with Gasteiger partial charge in [-0.3, -0.25) is 9.59 Å². The van der Waals surface area contributed by atoms with E-state index in [2.05, 4.69) is 33.2 Å². The van der Waals surface area contributed by atoms with E-state index >= 15 is 0 Å². The molecule has 0 spiro atoms. The minimum atomic E-state index is -0.664. The SMILES string of the molecule is Cc1ccc(NC(=O)C(NC(=O)c2ccccc2Cl)C(C)C)cc1I. The van der Waals surface area contributed by atoms with Crippen molar-refractivity contribution < 1.29 is 9.59 Å². The fraction of sp³-hybridized carbons (Fsp3) is 0.263. The van der Waals surface area contributed by atoms with Gasteiger partial charge in [0.05, 0.1) is 10.6 Å². The molecule has 0 aliphatic heterocycles. The van der Waals surface area contributed by atoms with Gasteiger partial charge in [0.25, 0.3) is 5.91 Å². The van der Waals surface area contributed by atoms with Crippen LogP contribution in [0.1, 0.15) is 29.8 Å². The zero-order valence-corrected chi connectivity index (χ0v) is 17.2. The number of hydrogen-bond acceptors (Lipinski definition) is 2. The number of amides is 2. The molecule has 0 fully saturated rings. The molecule has 0 aliphatic rings. The van der Waals surface area contributed by atoms with Crippen molar-refractivity contribution in [2.45, 2.75) is 26.8 Å². The predicted molar refractivity (Wildman–Crippen MR) is 110 cm³/mol. The maximum Gasteiger partial charge on any atom is 0.253 e. The van der Waals surface area contributed by atoms with E-state index in [9.17, 15) is 9.59 Å². The van der Waals surface area contributed by atoms with Gasteiger partial charge in [0, 0.05) is 9.26 Å². The van der Waals surface area contributed by atoms with Crippen molar-refractivity contribution >= 4 is 51.7 Å². The van der Waals surface area contributed by atoms with Crippen LogP contribution < -0.4 is 10.6 Å². The van der Waals surface area contributed by atoms with Gasteiger partial charge in [-0.25, -0.2) is 0 Å². The molecule has 0 radical (unpaired) electrons. The summed E-state index contributed by atoms with van der Waals surface area (Å²) in [5.41, 5.74) is 2.20. The molecule has 2 amide bonds. The summed E-state index contributed by atoms with van der Waals surface area (Å²) in [6, 6.07) is 11.8. The molecule has 132 valence electrons. The van der Waals surface area contributed by atoms with Crippen molar-refractivity contribution in [3.05, 3.63) is 62.2 Å². The molecule has 1 atom stereocenters. The van der Waals surface area contributed by atoms with Crippen molar-refractivity contribution in [2.24, 2.45) is 5.92 Å². The van der Waals surface area contributed by atoms with Crippen LogP contribution in [0.25, 0.3) is 0 Å². The first kappa shape index (κ1) is 19.7. The van der Waals surface area contributed by atoms with E-state index in [1.807, 2.05) is 39.0 Å². The molecule has 0 aromatic heterocycles. The second-order valence-electron chi connectivity index (χ2n) is 6.13. The Hall–Kier alpha value is -1.60. The first-order chi connectivity index (χ1) is 11.8. The number of nitrogens with one attached hydrogen (secondary N) is 2. The van der Waals surface area contributed by atoms with E-state index in [0.717, 1.165) is 9.13 Å². The van der Waals surface area contributed by atoms with Crippen molar-refractivity contribution in [1.29, 1.82) is 0 Å². The monoisotopic (exact) mass is 470 g/mol. The van der Waals surface area contributed by atoms with Gasteiger partial charge < -0.3 is 10.6 Å². The second kappa shape index (κ2) is 8.67. The Morgan fingerprint density at radius 3 is 2.40 bits per heavy atom. The van der Waals surface area contributed by atoms with Crippen molar-refractivity contribution in [2.75, 3.05) is 5.32 Å². The van der Waals surface area contributed by atoms with Gasteiger partial charge >= 0.3 is 0 Å². The molecule has 2 aromatic rings. The lowest BCUT2D eigenvalue weighted by molar-refractivity contribution is -0.118. The van der Waals surface area contributed by atoms with E-state index < -0.39 is 6.04 Å². The average Bonchev–Trinajstić information content (AvgIpc) is 2.55. The highest BCUT2D eigenvalue weighted by atomic mass is 127. The van der Waals surface area contributed by atoms with Crippen LogP contribution in [0.5, 0.6) is 0 Å². The number of carbonyl (C=O) groups excluding carboxylic acids is 2. The Kier molecular flexibility index (Phi) is 6.84.